The first-order valence-corrected chi connectivity index (χ1v) is 11.4. The zero-order valence-corrected chi connectivity index (χ0v) is 19.2. The fraction of sp³-hybridized carbons (Fsp3) is 0.462. The summed E-state index contributed by atoms with van der Waals surface area (Å²) < 4.78 is 12.0. The standard InChI is InChI=1S/C25H30N2O3.CO2/c1-24(2)11-10-20-16-19(8-9-22(20)29-24)17-26-14-12-25(13-15-26)18-27(23(28)30-25)21-6-4-3-5-7-21;2-1-3/h3-9,16H,10-15,17-18H2,1-2H3;. The largest absolute Gasteiger partial charge is 0.488 e. The summed E-state index contributed by atoms with van der Waals surface area (Å²) in [5, 5.41) is 0. The third kappa shape index (κ3) is 5.27. The molecule has 0 aliphatic carbocycles. The predicted molar refractivity (Wildman–Crippen MR) is 122 cm³/mol. The molecule has 2 aromatic carbocycles. The molecule has 3 heterocycles. The Balaban J connectivity index is 0.000000821. The maximum Gasteiger partial charge on any atom is 0.415 e. The highest BCUT2D eigenvalue weighted by Crippen LogP contribution is 2.37. The lowest BCUT2D eigenvalue weighted by molar-refractivity contribution is -0.191. The van der Waals surface area contributed by atoms with Crippen LogP contribution in [-0.2, 0) is 27.3 Å². The number of ether oxygens (including phenoxy) is 2. The molecule has 0 aromatic heterocycles. The Hall–Kier alpha value is -3.15. The zero-order valence-electron chi connectivity index (χ0n) is 19.2. The van der Waals surface area contributed by atoms with E-state index in [0.29, 0.717) is 6.54 Å². The minimum absolute atomic E-state index is 0.0674. The van der Waals surface area contributed by atoms with Crippen LogP contribution in [0.5, 0.6) is 5.75 Å². The molecule has 2 aromatic rings. The molecule has 1 spiro atoms. The quantitative estimate of drug-likeness (QED) is 0.698. The number of anilines is 1. The minimum atomic E-state index is -0.349. The number of aryl methyl sites for hydroxylation is 1. The minimum Gasteiger partial charge on any atom is -0.488 e. The average molecular weight is 451 g/mol. The first-order chi connectivity index (χ1) is 15.8. The van der Waals surface area contributed by atoms with Crippen molar-refractivity contribution in [1.29, 1.82) is 0 Å². The number of nitrogens with zero attached hydrogens (tertiary/aromatic N) is 2. The van der Waals surface area contributed by atoms with Crippen LogP contribution in [0.3, 0.4) is 0 Å². The highest BCUT2D eigenvalue weighted by molar-refractivity contribution is 5.90. The van der Waals surface area contributed by atoms with Crippen molar-refractivity contribution in [3.63, 3.8) is 0 Å². The first kappa shape index (κ1) is 23.0. The van der Waals surface area contributed by atoms with Crippen LogP contribution < -0.4 is 9.64 Å². The summed E-state index contributed by atoms with van der Waals surface area (Å²) in [6.07, 6.45) is 3.92. The highest BCUT2D eigenvalue weighted by Gasteiger charge is 2.47. The van der Waals surface area contributed by atoms with E-state index in [1.165, 1.54) is 11.1 Å². The normalized spacial score (nSPS) is 20.7. The van der Waals surface area contributed by atoms with E-state index in [1.807, 2.05) is 30.3 Å². The van der Waals surface area contributed by atoms with E-state index in [1.54, 1.807) is 4.90 Å². The summed E-state index contributed by atoms with van der Waals surface area (Å²) >= 11 is 0. The predicted octanol–water partition coefficient (Wildman–Crippen LogP) is 4.20. The van der Waals surface area contributed by atoms with Crippen LogP contribution in [0.4, 0.5) is 10.5 Å². The number of carbonyl (C=O) groups excluding carboxylic acids is 3. The number of likely N-dealkylation sites (tertiary alicyclic amines) is 1. The molecule has 174 valence electrons. The third-order valence-electron chi connectivity index (χ3n) is 6.72. The Kier molecular flexibility index (Phi) is 6.54. The van der Waals surface area contributed by atoms with Crippen LogP contribution >= 0.6 is 0 Å². The van der Waals surface area contributed by atoms with Gasteiger partial charge in [0.25, 0.3) is 0 Å². The second kappa shape index (κ2) is 9.38. The van der Waals surface area contributed by atoms with E-state index < -0.39 is 0 Å². The molecule has 0 unspecified atom stereocenters. The number of benzene rings is 2. The summed E-state index contributed by atoms with van der Waals surface area (Å²) in [7, 11) is 0. The number of piperidine rings is 1. The van der Waals surface area contributed by atoms with Crippen LogP contribution in [-0.4, -0.2) is 48.0 Å². The number of carbonyl (C=O) groups is 1. The van der Waals surface area contributed by atoms with Crippen molar-refractivity contribution >= 4 is 17.9 Å². The maximum atomic E-state index is 12.5. The third-order valence-corrected chi connectivity index (χ3v) is 6.72. The summed E-state index contributed by atoms with van der Waals surface area (Å²) in [5.74, 6) is 1.03. The van der Waals surface area contributed by atoms with Gasteiger partial charge in [-0.3, -0.25) is 9.80 Å². The average Bonchev–Trinajstić information content (AvgIpc) is 3.12. The molecule has 2 fully saturated rings. The van der Waals surface area contributed by atoms with Crippen LogP contribution in [0.25, 0.3) is 0 Å². The number of hydrogen-bond acceptors (Lipinski definition) is 6. The molecule has 2 saturated heterocycles. The van der Waals surface area contributed by atoms with Crippen molar-refractivity contribution in [3.05, 3.63) is 59.7 Å². The second-order valence-corrected chi connectivity index (χ2v) is 9.64. The fourth-order valence-corrected chi connectivity index (χ4v) is 4.88. The van der Waals surface area contributed by atoms with Crippen molar-refractivity contribution < 1.29 is 23.9 Å². The molecule has 7 nitrogen and oxygen atoms in total. The SMILES string of the molecule is CC1(C)CCc2cc(CN3CCC4(CC3)CN(c3ccccc3)C(=O)O4)ccc2O1.O=C=O. The van der Waals surface area contributed by atoms with E-state index in [0.717, 1.165) is 56.8 Å². The van der Waals surface area contributed by atoms with Gasteiger partial charge in [0, 0.05) is 38.2 Å². The van der Waals surface area contributed by atoms with E-state index in [4.69, 9.17) is 19.1 Å². The van der Waals surface area contributed by atoms with Gasteiger partial charge in [-0.25, -0.2) is 4.79 Å². The number of amides is 1. The van der Waals surface area contributed by atoms with E-state index in [9.17, 15) is 4.79 Å². The Morgan fingerprint density at radius 1 is 0.970 bits per heavy atom. The zero-order chi connectivity index (χ0) is 23.5. The Bertz CT molecular complexity index is 1020. The molecular weight excluding hydrogens is 420 g/mol. The maximum absolute atomic E-state index is 12.5. The van der Waals surface area contributed by atoms with Gasteiger partial charge in [-0.1, -0.05) is 30.3 Å². The molecule has 3 aliphatic heterocycles. The molecule has 0 bridgehead atoms. The fourth-order valence-electron chi connectivity index (χ4n) is 4.88. The van der Waals surface area contributed by atoms with Gasteiger partial charge in [0.05, 0.1) is 6.54 Å². The lowest BCUT2D eigenvalue weighted by Gasteiger charge is -2.37. The molecule has 0 radical (unpaired) electrons. The molecule has 5 rings (SSSR count). The molecule has 7 heteroatoms. The lowest BCUT2D eigenvalue weighted by Crippen LogP contribution is -2.46. The molecule has 0 saturated carbocycles. The van der Waals surface area contributed by atoms with Crippen LogP contribution in [0.15, 0.2) is 48.5 Å². The lowest BCUT2D eigenvalue weighted by atomic mass is 9.90. The van der Waals surface area contributed by atoms with Crippen molar-refractivity contribution in [1.82, 2.24) is 4.90 Å². The second-order valence-electron chi connectivity index (χ2n) is 9.64. The van der Waals surface area contributed by atoms with Crippen LogP contribution in [0, 0.1) is 0 Å². The summed E-state index contributed by atoms with van der Waals surface area (Å²) in [5.41, 5.74) is 3.16. The number of para-hydroxylation sites is 1. The van der Waals surface area contributed by atoms with Gasteiger partial charge in [-0.05, 0) is 56.0 Å². The molecule has 0 atom stereocenters. The van der Waals surface area contributed by atoms with Crippen molar-refractivity contribution in [2.75, 3.05) is 24.5 Å². The van der Waals surface area contributed by atoms with Gasteiger partial charge < -0.3 is 9.47 Å². The van der Waals surface area contributed by atoms with Gasteiger partial charge >= 0.3 is 12.2 Å². The Morgan fingerprint density at radius 3 is 2.36 bits per heavy atom. The van der Waals surface area contributed by atoms with Gasteiger partial charge in [0.15, 0.2) is 0 Å². The van der Waals surface area contributed by atoms with Crippen molar-refractivity contribution in [3.8, 4) is 5.75 Å². The van der Waals surface area contributed by atoms with Gasteiger partial charge in [0.2, 0.25) is 0 Å². The topological polar surface area (TPSA) is 76.2 Å². The molecule has 33 heavy (non-hydrogen) atoms. The van der Waals surface area contributed by atoms with Gasteiger partial charge in [0.1, 0.15) is 17.0 Å². The van der Waals surface area contributed by atoms with Crippen molar-refractivity contribution in [2.24, 2.45) is 0 Å². The number of hydrogen-bond donors (Lipinski definition) is 0. The molecule has 0 N–H and O–H groups in total. The van der Waals surface area contributed by atoms with E-state index in [2.05, 4.69) is 36.9 Å². The van der Waals surface area contributed by atoms with Gasteiger partial charge in [-0.2, -0.15) is 9.59 Å². The molecule has 3 aliphatic rings. The monoisotopic (exact) mass is 450 g/mol. The highest BCUT2D eigenvalue weighted by atomic mass is 16.6. The number of fused-ring (bicyclic) bond motifs is 1. The summed E-state index contributed by atoms with van der Waals surface area (Å²) in [4.78, 5) is 33.0. The Labute approximate surface area is 194 Å². The molecular formula is C26H30N2O5. The van der Waals surface area contributed by atoms with E-state index >= 15 is 0 Å². The van der Waals surface area contributed by atoms with Crippen LogP contribution in [0.1, 0.15) is 44.2 Å². The Morgan fingerprint density at radius 2 is 1.67 bits per heavy atom. The molecule has 1 amide bonds. The first-order valence-electron chi connectivity index (χ1n) is 11.4. The smallest absolute Gasteiger partial charge is 0.415 e. The van der Waals surface area contributed by atoms with Gasteiger partial charge in [-0.15, -0.1) is 0 Å². The summed E-state index contributed by atoms with van der Waals surface area (Å²) in [6.45, 7) is 7.77. The van der Waals surface area contributed by atoms with Crippen LogP contribution in [0.2, 0.25) is 0 Å². The van der Waals surface area contributed by atoms with E-state index in [-0.39, 0.29) is 23.4 Å². The number of rotatable bonds is 3. The van der Waals surface area contributed by atoms with Crippen molar-refractivity contribution in [2.45, 2.75) is 57.3 Å². The summed E-state index contributed by atoms with van der Waals surface area (Å²) in [6, 6.07) is 16.5.